The predicted octanol–water partition coefficient (Wildman–Crippen LogP) is -0.325. The Morgan fingerprint density at radius 1 is 1.29 bits per heavy atom. The molecule has 0 aliphatic carbocycles. The molecule has 17 heavy (non-hydrogen) atoms. The molecule has 0 bridgehead atoms. The lowest BCUT2D eigenvalue weighted by Crippen LogP contribution is -2.57. The van der Waals surface area contributed by atoms with Crippen LogP contribution in [-0.4, -0.2) is 60.9 Å². The van der Waals surface area contributed by atoms with Crippen LogP contribution in [0.25, 0.3) is 0 Å². The Morgan fingerprint density at radius 2 is 1.94 bits per heavy atom. The van der Waals surface area contributed by atoms with Crippen LogP contribution in [0.1, 0.15) is 19.8 Å². The maximum atomic E-state index is 11.9. The van der Waals surface area contributed by atoms with Crippen LogP contribution in [-0.2, 0) is 9.59 Å². The summed E-state index contributed by atoms with van der Waals surface area (Å²) in [5.41, 5.74) is 0. The molecule has 2 amide bonds. The fraction of sp³-hybridized carbons (Fsp3) is 0.833. The molecule has 2 aliphatic heterocycles. The van der Waals surface area contributed by atoms with Crippen molar-refractivity contribution in [1.29, 1.82) is 0 Å². The molecule has 2 fully saturated rings. The molecule has 0 aromatic carbocycles. The zero-order chi connectivity index (χ0) is 12.4. The third-order valence-electron chi connectivity index (χ3n) is 3.71. The topological polar surface area (TPSA) is 52.7 Å². The minimum atomic E-state index is -0.359. The number of piperazine rings is 1. The second-order valence-electron chi connectivity index (χ2n) is 5.25. The number of nitrogens with zero attached hydrogens (tertiary/aromatic N) is 2. The summed E-state index contributed by atoms with van der Waals surface area (Å²) in [6.45, 7) is 4.91. The maximum absolute atomic E-state index is 11.9. The average molecular weight is 239 g/mol. The lowest BCUT2D eigenvalue weighted by atomic mass is 9.96. The fourth-order valence-corrected chi connectivity index (χ4v) is 2.58. The summed E-state index contributed by atoms with van der Waals surface area (Å²) in [6, 6.07) is -0.359. The highest BCUT2D eigenvalue weighted by Gasteiger charge is 2.31. The van der Waals surface area contributed by atoms with Gasteiger partial charge in [0, 0.05) is 6.54 Å². The largest absolute Gasteiger partial charge is 0.343 e. The molecule has 96 valence electrons. The summed E-state index contributed by atoms with van der Waals surface area (Å²) in [5, 5.41) is 2.66. The van der Waals surface area contributed by atoms with E-state index in [2.05, 4.69) is 17.3 Å². The molecule has 2 rings (SSSR count). The van der Waals surface area contributed by atoms with Gasteiger partial charge >= 0.3 is 0 Å². The average Bonchev–Trinajstić information content (AvgIpc) is 2.28. The Bertz CT molecular complexity index is 311. The van der Waals surface area contributed by atoms with Crippen molar-refractivity contribution in [3.05, 3.63) is 0 Å². The van der Waals surface area contributed by atoms with Crippen LogP contribution in [0.2, 0.25) is 0 Å². The Hall–Kier alpha value is -1.10. The minimum absolute atomic E-state index is 0.0370. The van der Waals surface area contributed by atoms with E-state index in [4.69, 9.17) is 0 Å². The highest BCUT2D eigenvalue weighted by Crippen LogP contribution is 2.18. The summed E-state index contributed by atoms with van der Waals surface area (Å²) < 4.78 is 0. The van der Waals surface area contributed by atoms with Crippen LogP contribution >= 0.6 is 0 Å². The second-order valence-corrected chi connectivity index (χ2v) is 5.25. The summed E-state index contributed by atoms with van der Waals surface area (Å²) >= 11 is 0. The number of carbonyl (C=O) groups is 2. The van der Waals surface area contributed by atoms with E-state index < -0.39 is 0 Å². The van der Waals surface area contributed by atoms with Gasteiger partial charge in [0.1, 0.15) is 6.04 Å². The molecule has 1 atom stereocenters. The number of hydrogen-bond donors (Lipinski definition) is 1. The first-order valence-electron chi connectivity index (χ1n) is 6.33. The van der Waals surface area contributed by atoms with Crippen LogP contribution in [0.3, 0.4) is 0 Å². The van der Waals surface area contributed by atoms with Gasteiger partial charge in [-0.15, -0.1) is 0 Å². The van der Waals surface area contributed by atoms with Crippen molar-refractivity contribution in [2.24, 2.45) is 5.92 Å². The Labute approximate surface area is 102 Å². The first-order chi connectivity index (χ1) is 8.06. The number of hydrogen-bond acceptors (Lipinski definition) is 3. The molecule has 2 heterocycles. The van der Waals surface area contributed by atoms with Crippen LogP contribution in [0.4, 0.5) is 0 Å². The monoisotopic (exact) mass is 239 g/mol. The van der Waals surface area contributed by atoms with E-state index in [1.54, 1.807) is 11.8 Å². The molecule has 0 saturated carbocycles. The standard InChI is InChI=1S/C12H21N3O2/c1-9-12(17)15(8-11(16)13-9)7-10-3-5-14(2)6-4-10/h9-10H,3-8H2,1-2H3,(H,13,16). The Kier molecular flexibility index (Phi) is 3.66. The van der Waals surface area contributed by atoms with Gasteiger partial charge in [0.05, 0.1) is 6.54 Å². The van der Waals surface area contributed by atoms with Crippen LogP contribution in [0, 0.1) is 5.92 Å². The number of nitrogens with one attached hydrogen (secondary N) is 1. The molecule has 2 saturated heterocycles. The van der Waals surface area contributed by atoms with Crippen LogP contribution < -0.4 is 5.32 Å². The fourth-order valence-electron chi connectivity index (χ4n) is 2.58. The Morgan fingerprint density at radius 3 is 2.59 bits per heavy atom. The molecule has 0 spiro atoms. The number of amides is 2. The molecule has 0 radical (unpaired) electrons. The van der Waals surface area contributed by atoms with Gasteiger partial charge in [-0.25, -0.2) is 0 Å². The van der Waals surface area contributed by atoms with Gasteiger partial charge in [-0.3, -0.25) is 9.59 Å². The van der Waals surface area contributed by atoms with E-state index in [1.165, 1.54) is 0 Å². The van der Waals surface area contributed by atoms with E-state index in [-0.39, 0.29) is 24.4 Å². The van der Waals surface area contributed by atoms with Crippen molar-refractivity contribution < 1.29 is 9.59 Å². The molecule has 2 aliphatic rings. The third kappa shape index (κ3) is 2.97. The summed E-state index contributed by atoms with van der Waals surface area (Å²) in [7, 11) is 2.12. The third-order valence-corrected chi connectivity index (χ3v) is 3.71. The smallest absolute Gasteiger partial charge is 0.245 e. The first-order valence-corrected chi connectivity index (χ1v) is 6.33. The van der Waals surface area contributed by atoms with Crippen LogP contribution in [0.15, 0.2) is 0 Å². The van der Waals surface area contributed by atoms with E-state index in [0.717, 1.165) is 32.5 Å². The summed E-state index contributed by atoms with van der Waals surface area (Å²) in [5.74, 6) is 0.571. The highest BCUT2D eigenvalue weighted by molar-refractivity contribution is 5.94. The lowest BCUT2D eigenvalue weighted by Gasteiger charge is -2.36. The van der Waals surface area contributed by atoms with Gasteiger partial charge in [0.2, 0.25) is 11.8 Å². The number of likely N-dealkylation sites (tertiary alicyclic amines) is 1. The van der Waals surface area contributed by atoms with Crippen LogP contribution in [0.5, 0.6) is 0 Å². The second kappa shape index (κ2) is 5.04. The summed E-state index contributed by atoms with van der Waals surface area (Å²) in [4.78, 5) is 27.4. The van der Waals surface area contributed by atoms with Crippen molar-refractivity contribution >= 4 is 11.8 Å². The van der Waals surface area contributed by atoms with Gasteiger partial charge < -0.3 is 15.1 Å². The molecule has 1 N–H and O–H groups in total. The van der Waals surface area contributed by atoms with Gasteiger partial charge in [0.25, 0.3) is 0 Å². The molecule has 0 aromatic heterocycles. The number of piperidine rings is 1. The van der Waals surface area contributed by atoms with Crippen molar-refractivity contribution in [1.82, 2.24) is 15.1 Å². The maximum Gasteiger partial charge on any atom is 0.245 e. The molecular weight excluding hydrogens is 218 g/mol. The zero-order valence-corrected chi connectivity index (χ0v) is 10.6. The van der Waals surface area contributed by atoms with E-state index in [9.17, 15) is 9.59 Å². The van der Waals surface area contributed by atoms with Crippen molar-refractivity contribution in [3.8, 4) is 0 Å². The molecular formula is C12H21N3O2. The number of carbonyl (C=O) groups excluding carboxylic acids is 2. The highest BCUT2D eigenvalue weighted by atomic mass is 16.2. The zero-order valence-electron chi connectivity index (χ0n) is 10.6. The number of rotatable bonds is 2. The normalized spacial score (nSPS) is 28.4. The predicted molar refractivity (Wildman–Crippen MR) is 64.4 cm³/mol. The van der Waals surface area contributed by atoms with Crippen molar-refractivity contribution in [2.45, 2.75) is 25.8 Å². The molecule has 5 heteroatoms. The summed E-state index contributed by atoms with van der Waals surface area (Å²) in [6.07, 6.45) is 2.24. The van der Waals surface area contributed by atoms with Gasteiger partial charge in [-0.05, 0) is 45.8 Å². The lowest BCUT2D eigenvalue weighted by molar-refractivity contribution is -0.144. The van der Waals surface area contributed by atoms with Gasteiger partial charge in [-0.2, -0.15) is 0 Å². The Balaban J connectivity index is 1.89. The van der Waals surface area contributed by atoms with Crippen molar-refractivity contribution in [3.63, 3.8) is 0 Å². The van der Waals surface area contributed by atoms with E-state index in [1.807, 2.05) is 0 Å². The quantitative estimate of drug-likeness (QED) is 0.718. The SMILES string of the molecule is CC1NC(=O)CN(CC2CCN(C)CC2)C1=O. The minimum Gasteiger partial charge on any atom is -0.343 e. The van der Waals surface area contributed by atoms with Gasteiger partial charge in [-0.1, -0.05) is 0 Å². The first kappa shape index (κ1) is 12.4. The van der Waals surface area contributed by atoms with E-state index >= 15 is 0 Å². The molecule has 1 unspecified atom stereocenters. The van der Waals surface area contributed by atoms with Gasteiger partial charge in [0.15, 0.2) is 0 Å². The molecule has 0 aromatic rings. The van der Waals surface area contributed by atoms with E-state index in [0.29, 0.717) is 5.92 Å². The molecule has 5 nitrogen and oxygen atoms in total. The van der Waals surface area contributed by atoms with Crippen molar-refractivity contribution in [2.75, 3.05) is 33.2 Å².